The molecule has 2 rings (SSSR count). The van der Waals surface area contributed by atoms with Crippen molar-refractivity contribution in [3.05, 3.63) is 35.4 Å². The van der Waals surface area contributed by atoms with E-state index in [-0.39, 0.29) is 36.2 Å². The lowest BCUT2D eigenvalue weighted by atomic mass is 10.1. The van der Waals surface area contributed by atoms with Crippen molar-refractivity contribution in [3.63, 3.8) is 0 Å². The van der Waals surface area contributed by atoms with Crippen LogP contribution in [-0.2, 0) is 31.9 Å². The van der Waals surface area contributed by atoms with Crippen LogP contribution in [0.1, 0.15) is 24.0 Å². The number of nitrogens with zero attached hydrogens (tertiary/aromatic N) is 2. The van der Waals surface area contributed by atoms with E-state index in [2.05, 4.69) is 15.1 Å². The number of sulfonamides is 1. The van der Waals surface area contributed by atoms with E-state index in [0.29, 0.717) is 17.5 Å². The average Bonchev–Trinajstić information content (AvgIpc) is 2.56. The first-order chi connectivity index (χ1) is 11.3. The van der Waals surface area contributed by atoms with Crippen LogP contribution in [0.15, 0.2) is 29.4 Å². The van der Waals surface area contributed by atoms with Crippen LogP contribution < -0.4 is 10.0 Å². The maximum atomic E-state index is 12.2. The van der Waals surface area contributed by atoms with Gasteiger partial charge in [0.1, 0.15) is 5.71 Å². The van der Waals surface area contributed by atoms with Crippen molar-refractivity contribution in [2.24, 2.45) is 5.10 Å². The first kappa shape index (κ1) is 18.1. The van der Waals surface area contributed by atoms with Crippen molar-refractivity contribution in [2.45, 2.75) is 25.1 Å². The highest BCUT2D eigenvalue weighted by Gasteiger charge is 2.22. The second-order valence-corrected chi connectivity index (χ2v) is 7.31. The summed E-state index contributed by atoms with van der Waals surface area (Å²) in [6.45, 7) is 0.185. The molecular formula is C15H20N4O4S. The molecule has 0 spiro atoms. The lowest BCUT2D eigenvalue weighted by Gasteiger charge is -2.19. The van der Waals surface area contributed by atoms with Gasteiger partial charge in [0.15, 0.2) is 0 Å². The molecule has 2 amide bonds. The molecule has 8 nitrogen and oxygen atoms in total. The van der Waals surface area contributed by atoms with Crippen LogP contribution in [-0.4, -0.2) is 45.0 Å². The van der Waals surface area contributed by atoms with Gasteiger partial charge in [-0.3, -0.25) is 9.59 Å². The topological polar surface area (TPSA) is 108 Å². The molecule has 1 aliphatic rings. The van der Waals surface area contributed by atoms with Gasteiger partial charge in [0.25, 0.3) is 5.91 Å². The molecular weight excluding hydrogens is 332 g/mol. The van der Waals surface area contributed by atoms with Crippen molar-refractivity contribution in [2.75, 3.05) is 14.1 Å². The first-order valence-electron chi connectivity index (χ1n) is 7.42. The van der Waals surface area contributed by atoms with E-state index in [1.807, 2.05) is 0 Å². The van der Waals surface area contributed by atoms with Gasteiger partial charge in [-0.2, -0.15) is 5.10 Å². The van der Waals surface area contributed by atoms with E-state index in [9.17, 15) is 18.0 Å². The minimum atomic E-state index is -3.40. The van der Waals surface area contributed by atoms with Crippen molar-refractivity contribution in [1.82, 2.24) is 15.0 Å². The predicted octanol–water partition coefficient (Wildman–Crippen LogP) is -0.0398. The monoisotopic (exact) mass is 352 g/mol. The summed E-state index contributed by atoms with van der Waals surface area (Å²) in [5.41, 5.74) is 1.62. The Morgan fingerprint density at radius 1 is 1.25 bits per heavy atom. The molecule has 24 heavy (non-hydrogen) atoms. The number of amides is 2. The van der Waals surface area contributed by atoms with Crippen LogP contribution in [0.3, 0.4) is 0 Å². The zero-order chi connectivity index (χ0) is 17.7. The molecule has 0 aliphatic carbocycles. The van der Waals surface area contributed by atoms with Gasteiger partial charge in [0, 0.05) is 26.4 Å². The summed E-state index contributed by atoms with van der Waals surface area (Å²) in [5, 5.41) is 7.84. The standard InChI is InChI=1S/C15H20N4O4S/c1-16-24(22,23)10-12-6-4-3-5-11(12)9-17-15(21)13-7-8-14(20)19(2)18-13/h3-6,16H,7-10H2,1-2H3,(H,17,21). The van der Waals surface area contributed by atoms with Gasteiger partial charge in [-0.1, -0.05) is 24.3 Å². The fraction of sp³-hybridized carbons (Fsp3) is 0.400. The van der Waals surface area contributed by atoms with Crippen LogP contribution in [0, 0.1) is 0 Å². The Bertz CT molecular complexity index is 773. The summed E-state index contributed by atoms with van der Waals surface area (Å²) in [6, 6.07) is 7.00. The van der Waals surface area contributed by atoms with Gasteiger partial charge < -0.3 is 5.32 Å². The van der Waals surface area contributed by atoms with Gasteiger partial charge >= 0.3 is 0 Å². The molecule has 1 aromatic rings. The average molecular weight is 352 g/mol. The highest BCUT2D eigenvalue weighted by molar-refractivity contribution is 7.88. The van der Waals surface area contributed by atoms with Crippen LogP contribution in [0.4, 0.5) is 0 Å². The number of carbonyl (C=O) groups excluding carboxylic acids is 2. The lowest BCUT2D eigenvalue weighted by molar-refractivity contribution is -0.130. The Balaban J connectivity index is 2.06. The quantitative estimate of drug-likeness (QED) is 0.749. The first-order valence-corrected chi connectivity index (χ1v) is 9.08. The normalized spacial score (nSPS) is 15.2. The Hall–Kier alpha value is -2.26. The maximum absolute atomic E-state index is 12.2. The van der Waals surface area contributed by atoms with E-state index in [4.69, 9.17) is 0 Å². The van der Waals surface area contributed by atoms with E-state index in [0.717, 1.165) is 5.01 Å². The number of hydrazone groups is 1. The summed E-state index contributed by atoms with van der Waals surface area (Å²) < 4.78 is 25.7. The summed E-state index contributed by atoms with van der Waals surface area (Å²) in [7, 11) is -0.532. The van der Waals surface area contributed by atoms with Crippen molar-refractivity contribution >= 4 is 27.5 Å². The number of nitrogens with one attached hydrogen (secondary N) is 2. The van der Waals surface area contributed by atoms with E-state index >= 15 is 0 Å². The van der Waals surface area contributed by atoms with Crippen LogP contribution >= 0.6 is 0 Å². The van der Waals surface area contributed by atoms with Crippen LogP contribution in [0.2, 0.25) is 0 Å². The molecule has 0 unspecified atom stereocenters. The highest BCUT2D eigenvalue weighted by atomic mass is 32.2. The Kier molecular flexibility index (Phi) is 5.68. The second-order valence-electron chi connectivity index (χ2n) is 5.38. The molecule has 0 aromatic heterocycles. The fourth-order valence-electron chi connectivity index (χ4n) is 2.26. The molecule has 2 N–H and O–H groups in total. The molecule has 0 fully saturated rings. The van der Waals surface area contributed by atoms with E-state index < -0.39 is 10.0 Å². The van der Waals surface area contributed by atoms with Crippen LogP contribution in [0.5, 0.6) is 0 Å². The van der Waals surface area contributed by atoms with Crippen molar-refractivity contribution in [1.29, 1.82) is 0 Å². The third-order valence-corrected chi connectivity index (χ3v) is 5.00. The lowest BCUT2D eigenvalue weighted by Crippen LogP contribution is -2.37. The SMILES string of the molecule is CNS(=O)(=O)Cc1ccccc1CNC(=O)C1=NN(C)C(=O)CC1. The zero-order valence-electron chi connectivity index (χ0n) is 13.6. The zero-order valence-corrected chi connectivity index (χ0v) is 14.4. The molecule has 0 saturated heterocycles. The molecule has 130 valence electrons. The third-order valence-electron chi connectivity index (χ3n) is 3.68. The second kappa shape index (κ2) is 7.54. The van der Waals surface area contributed by atoms with Crippen molar-refractivity contribution in [3.8, 4) is 0 Å². The molecule has 1 aromatic carbocycles. The Labute approximate surface area is 141 Å². The van der Waals surface area contributed by atoms with E-state index in [1.165, 1.54) is 14.1 Å². The minimum Gasteiger partial charge on any atom is -0.347 e. The number of rotatable bonds is 6. The summed E-state index contributed by atoms with van der Waals surface area (Å²) in [6.07, 6.45) is 0.546. The Morgan fingerprint density at radius 2 is 1.92 bits per heavy atom. The van der Waals surface area contributed by atoms with Gasteiger partial charge in [0.2, 0.25) is 15.9 Å². The number of hydrogen-bond donors (Lipinski definition) is 2. The molecule has 1 aliphatic heterocycles. The largest absolute Gasteiger partial charge is 0.347 e. The minimum absolute atomic E-state index is 0.130. The van der Waals surface area contributed by atoms with Crippen molar-refractivity contribution < 1.29 is 18.0 Å². The summed E-state index contributed by atoms with van der Waals surface area (Å²) >= 11 is 0. The number of benzene rings is 1. The van der Waals surface area contributed by atoms with Gasteiger partial charge in [-0.25, -0.2) is 18.1 Å². The fourth-order valence-corrected chi connectivity index (χ4v) is 3.09. The molecule has 0 radical (unpaired) electrons. The number of carbonyl (C=O) groups is 2. The van der Waals surface area contributed by atoms with E-state index in [1.54, 1.807) is 24.3 Å². The molecule has 0 bridgehead atoms. The van der Waals surface area contributed by atoms with Gasteiger partial charge in [0.05, 0.1) is 5.75 Å². The predicted molar refractivity (Wildman–Crippen MR) is 89.4 cm³/mol. The molecule has 0 saturated carbocycles. The summed E-state index contributed by atoms with van der Waals surface area (Å²) in [4.78, 5) is 23.5. The molecule has 0 atom stereocenters. The number of hydrogen-bond acceptors (Lipinski definition) is 5. The Morgan fingerprint density at radius 3 is 2.54 bits per heavy atom. The third kappa shape index (κ3) is 4.62. The van der Waals surface area contributed by atoms with Gasteiger partial charge in [-0.05, 0) is 18.2 Å². The van der Waals surface area contributed by atoms with Gasteiger partial charge in [-0.15, -0.1) is 0 Å². The maximum Gasteiger partial charge on any atom is 0.267 e. The summed E-state index contributed by atoms with van der Waals surface area (Å²) in [5.74, 6) is -0.650. The molecule has 1 heterocycles. The van der Waals surface area contributed by atoms with Crippen LogP contribution in [0.25, 0.3) is 0 Å². The highest BCUT2D eigenvalue weighted by Crippen LogP contribution is 2.12. The molecule has 9 heteroatoms. The smallest absolute Gasteiger partial charge is 0.267 e.